The number of carbonyl (C=O) groups is 1. The van der Waals surface area contributed by atoms with E-state index < -0.39 is 5.97 Å². The molecule has 5 heteroatoms. The van der Waals surface area contributed by atoms with E-state index in [-0.39, 0.29) is 6.61 Å². The monoisotopic (exact) mass is 392 g/mol. The van der Waals surface area contributed by atoms with E-state index in [1.54, 1.807) is 20.2 Å². The summed E-state index contributed by atoms with van der Waals surface area (Å²) in [5.41, 5.74) is 4.87. The van der Waals surface area contributed by atoms with Crippen LogP contribution in [0.25, 0.3) is 5.57 Å². The first-order valence-electron chi connectivity index (χ1n) is 9.70. The van der Waals surface area contributed by atoms with E-state index in [0.717, 1.165) is 33.4 Å². The Hall–Kier alpha value is -3.34. The highest BCUT2D eigenvalue weighted by atomic mass is 16.5. The second-order valence-electron chi connectivity index (χ2n) is 6.77. The smallest absolute Gasteiger partial charge is 0.345 e. The zero-order valence-electron chi connectivity index (χ0n) is 17.2. The molecule has 0 unspecified atom stereocenters. The fourth-order valence-electron chi connectivity index (χ4n) is 3.36. The van der Waals surface area contributed by atoms with Crippen LogP contribution in [0.5, 0.6) is 5.75 Å². The van der Waals surface area contributed by atoms with Crippen molar-refractivity contribution in [3.63, 3.8) is 0 Å². The quantitative estimate of drug-likeness (QED) is 0.338. The number of hydrogen-bond acceptors (Lipinski definition) is 4. The largest absolute Gasteiger partial charge is 0.497 e. The minimum atomic E-state index is -0.474. The molecule has 0 aliphatic heterocycles. The highest BCUT2D eigenvalue weighted by Gasteiger charge is 2.41. The number of ether oxygens (including phenoxy) is 2. The summed E-state index contributed by atoms with van der Waals surface area (Å²) in [7, 11) is 1.59. The van der Waals surface area contributed by atoms with Gasteiger partial charge in [-0.15, -0.1) is 0 Å². The fourth-order valence-corrected chi connectivity index (χ4v) is 3.36. The van der Waals surface area contributed by atoms with E-state index >= 15 is 0 Å². The Labute approximate surface area is 171 Å². The van der Waals surface area contributed by atoms with Gasteiger partial charge in [0.25, 0.3) is 5.71 Å². The SMILES string of the molecule is CCOC(=O)C1=C(c2ccccc2)c2ccc(OC)cc2C1=[N+](O)C=C(C)CC. The van der Waals surface area contributed by atoms with Gasteiger partial charge in [-0.1, -0.05) is 37.3 Å². The second kappa shape index (κ2) is 8.78. The highest BCUT2D eigenvalue weighted by Crippen LogP contribution is 2.40. The van der Waals surface area contributed by atoms with Crippen LogP contribution in [-0.2, 0) is 9.53 Å². The Morgan fingerprint density at radius 3 is 2.45 bits per heavy atom. The molecule has 0 bridgehead atoms. The number of hydrogen-bond donors (Lipinski definition) is 1. The fraction of sp³-hybridized carbons (Fsp3) is 0.250. The van der Waals surface area contributed by atoms with E-state index in [1.165, 1.54) is 0 Å². The van der Waals surface area contributed by atoms with Crippen molar-refractivity contribution in [2.24, 2.45) is 0 Å². The standard InChI is InChI=1S/C24H26NO4/c1-5-16(3)15-25(27)23-20-14-18(28-4)12-13-19(20)21(17-10-8-7-9-11-17)22(23)24(26)29-6-2/h7-15,27H,5-6H2,1-4H3/q+1. The molecule has 0 amide bonds. The van der Waals surface area contributed by atoms with Crippen LogP contribution in [0.1, 0.15) is 43.9 Å². The molecular weight excluding hydrogens is 366 g/mol. The van der Waals surface area contributed by atoms with Gasteiger partial charge < -0.3 is 9.47 Å². The molecular formula is C24H26NO4+. The van der Waals surface area contributed by atoms with Gasteiger partial charge in [0.1, 0.15) is 11.3 Å². The molecule has 0 heterocycles. The van der Waals surface area contributed by atoms with E-state index in [0.29, 0.717) is 22.6 Å². The number of esters is 1. The highest BCUT2D eigenvalue weighted by molar-refractivity contribution is 6.35. The van der Waals surface area contributed by atoms with Crippen molar-refractivity contribution in [3.05, 3.63) is 82.6 Å². The molecule has 3 rings (SSSR count). The number of hydroxylamine groups is 1. The molecule has 2 aromatic rings. The average molecular weight is 392 g/mol. The number of methoxy groups -OCH3 is 1. The first-order chi connectivity index (χ1) is 14.0. The zero-order valence-corrected chi connectivity index (χ0v) is 17.2. The van der Waals surface area contributed by atoms with Gasteiger partial charge >= 0.3 is 5.97 Å². The number of allylic oxidation sites excluding steroid dienone is 1. The molecule has 1 aliphatic rings. The number of fused-ring (bicyclic) bond motifs is 1. The summed E-state index contributed by atoms with van der Waals surface area (Å²) in [5.74, 6) is 0.168. The van der Waals surface area contributed by atoms with E-state index in [1.807, 2.05) is 62.4 Å². The summed E-state index contributed by atoms with van der Waals surface area (Å²) in [5, 5.41) is 11.0. The van der Waals surface area contributed by atoms with Gasteiger partial charge in [0.15, 0.2) is 0 Å². The maximum atomic E-state index is 13.0. The maximum absolute atomic E-state index is 13.0. The summed E-state index contributed by atoms with van der Waals surface area (Å²) < 4.78 is 11.8. The van der Waals surface area contributed by atoms with Gasteiger partial charge in [-0.05, 0) is 55.2 Å². The lowest BCUT2D eigenvalue weighted by Gasteiger charge is -2.07. The van der Waals surface area contributed by atoms with Gasteiger partial charge in [0.05, 0.1) is 19.3 Å². The third-order valence-corrected chi connectivity index (χ3v) is 4.91. The van der Waals surface area contributed by atoms with Crippen LogP contribution in [-0.4, -0.2) is 35.3 Å². The number of rotatable bonds is 6. The van der Waals surface area contributed by atoms with Crippen molar-refractivity contribution < 1.29 is 24.2 Å². The van der Waals surface area contributed by atoms with Crippen molar-refractivity contribution in [3.8, 4) is 5.75 Å². The molecule has 1 aliphatic carbocycles. The lowest BCUT2D eigenvalue weighted by atomic mass is 9.97. The van der Waals surface area contributed by atoms with Crippen LogP contribution in [0.15, 0.2) is 65.9 Å². The van der Waals surface area contributed by atoms with Crippen molar-refractivity contribution >= 4 is 17.3 Å². The van der Waals surface area contributed by atoms with Crippen LogP contribution in [0, 0.1) is 0 Å². The van der Waals surface area contributed by atoms with Crippen LogP contribution in [0.2, 0.25) is 0 Å². The molecule has 0 aromatic heterocycles. The molecule has 0 radical (unpaired) electrons. The maximum Gasteiger partial charge on any atom is 0.345 e. The van der Waals surface area contributed by atoms with Crippen LogP contribution < -0.4 is 4.74 Å². The Balaban J connectivity index is 2.39. The molecule has 5 nitrogen and oxygen atoms in total. The number of benzene rings is 2. The van der Waals surface area contributed by atoms with Gasteiger partial charge in [-0.25, -0.2) is 4.79 Å². The Morgan fingerprint density at radius 1 is 1.10 bits per heavy atom. The normalized spacial score (nSPS) is 15.2. The lowest BCUT2D eigenvalue weighted by Crippen LogP contribution is -2.22. The minimum absolute atomic E-state index is 0.243. The zero-order chi connectivity index (χ0) is 21.0. The summed E-state index contributed by atoms with van der Waals surface area (Å²) in [6, 6.07) is 15.2. The first-order valence-corrected chi connectivity index (χ1v) is 9.70. The van der Waals surface area contributed by atoms with Gasteiger partial charge in [-0.2, -0.15) is 0 Å². The molecule has 0 spiro atoms. The van der Waals surface area contributed by atoms with Crippen molar-refractivity contribution in [1.29, 1.82) is 0 Å². The summed E-state index contributed by atoms with van der Waals surface area (Å²) in [6.45, 7) is 5.94. The molecule has 29 heavy (non-hydrogen) atoms. The second-order valence-corrected chi connectivity index (χ2v) is 6.77. The lowest BCUT2D eigenvalue weighted by molar-refractivity contribution is -0.725. The first kappa shape index (κ1) is 20.4. The number of nitrogens with zero attached hydrogens (tertiary/aromatic N) is 1. The summed E-state index contributed by atoms with van der Waals surface area (Å²) in [4.78, 5) is 13.0. The molecule has 0 fully saturated rings. The minimum Gasteiger partial charge on any atom is -0.497 e. The third-order valence-electron chi connectivity index (χ3n) is 4.91. The Morgan fingerprint density at radius 2 is 1.83 bits per heavy atom. The van der Waals surface area contributed by atoms with E-state index in [9.17, 15) is 10.0 Å². The summed E-state index contributed by atoms with van der Waals surface area (Å²) >= 11 is 0. The van der Waals surface area contributed by atoms with Gasteiger partial charge in [0, 0.05) is 10.3 Å². The molecule has 2 aromatic carbocycles. The molecule has 0 saturated carbocycles. The Kier molecular flexibility index (Phi) is 6.17. The van der Waals surface area contributed by atoms with Gasteiger partial charge in [0.2, 0.25) is 6.20 Å². The topological polar surface area (TPSA) is 58.8 Å². The van der Waals surface area contributed by atoms with Crippen molar-refractivity contribution in [1.82, 2.24) is 0 Å². The predicted octanol–water partition coefficient (Wildman–Crippen LogP) is 4.58. The third kappa shape index (κ3) is 3.94. The summed E-state index contributed by atoms with van der Waals surface area (Å²) in [6.07, 6.45) is 2.41. The number of carbonyl (C=O) groups excluding carboxylic acids is 1. The molecule has 0 atom stereocenters. The van der Waals surface area contributed by atoms with E-state index in [4.69, 9.17) is 9.47 Å². The predicted molar refractivity (Wildman–Crippen MR) is 112 cm³/mol. The Bertz CT molecular complexity index is 1020. The van der Waals surface area contributed by atoms with Crippen LogP contribution in [0.4, 0.5) is 0 Å². The van der Waals surface area contributed by atoms with Crippen molar-refractivity contribution in [2.75, 3.05) is 13.7 Å². The van der Waals surface area contributed by atoms with Crippen LogP contribution in [0.3, 0.4) is 0 Å². The van der Waals surface area contributed by atoms with Crippen molar-refractivity contribution in [2.45, 2.75) is 27.2 Å². The molecule has 1 N–H and O–H groups in total. The molecule has 150 valence electrons. The van der Waals surface area contributed by atoms with Crippen LogP contribution >= 0.6 is 0 Å². The molecule has 0 saturated heterocycles. The average Bonchev–Trinajstić information content (AvgIpc) is 3.08. The van der Waals surface area contributed by atoms with Gasteiger partial charge in [-0.3, -0.25) is 5.21 Å². The van der Waals surface area contributed by atoms with E-state index in [2.05, 4.69) is 0 Å².